The Hall–Kier alpha value is -4.66. The topological polar surface area (TPSA) is 193 Å². The maximum atomic E-state index is 15.0. The summed E-state index contributed by atoms with van der Waals surface area (Å²) in [5, 5.41) is 24.0. The lowest BCUT2D eigenvalue weighted by atomic mass is 9.82. The van der Waals surface area contributed by atoms with Gasteiger partial charge < -0.3 is 41.8 Å². The maximum Gasteiger partial charge on any atom is 0.320 e. The summed E-state index contributed by atoms with van der Waals surface area (Å²) in [6.07, 6.45) is 1.61. The number of nitrogens with two attached hydrogens (primary N) is 2. The Morgan fingerprint density at radius 3 is 2.24 bits per heavy atom. The van der Waals surface area contributed by atoms with Crippen molar-refractivity contribution in [1.29, 1.82) is 0 Å². The number of nitrogens with one attached hydrogen (secondary N) is 2. The highest BCUT2D eigenvalue weighted by Gasteiger charge is 2.37. The summed E-state index contributed by atoms with van der Waals surface area (Å²) in [4.78, 5) is 50.3. The molecule has 0 aliphatic carbocycles. The fourth-order valence-electron chi connectivity index (χ4n) is 5.53. The molecule has 0 unspecified atom stereocenters. The predicted molar refractivity (Wildman–Crippen MR) is 180 cm³/mol. The molecule has 12 nitrogen and oxygen atoms in total. The minimum Gasteiger partial charge on any atom is -0.480 e. The van der Waals surface area contributed by atoms with Crippen molar-refractivity contribution in [2.45, 2.75) is 64.7 Å². The molecule has 0 radical (unpaired) electrons. The number of carbonyl (C=O) groups is 4. The number of carbonyl (C=O) groups excluding carboxylic acids is 3. The zero-order valence-electron chi connectivity index (χ0n) is 28.0. The molecule has 1 aromatic heterocycles. The molecule has 0 fully saturated rings. The largest absolute Gasteiger partial charge is 0.480 e. The van der Waals surface area contributed by atoms with Gasteiger partial charge in [-0.2, -0.15) is 0 Å². The van der Waals surface area contributed by atoms with Crippen LogP contribution in [-0.4, -0.2) is 81.7 Å². The van der Waals surface area contributed by atoms with Crippen molar-refractivity contribution in [3.8, 4) is 11.1 Å². The number of hydrogen-bond acceptors (Lipinski definition) is 7. The van der Waals surface area contributed by atoms with Gasteiger partial charge in [0.25, 0.3) is 0 Å². The second-order valence-electron chi connectivity index (χ2n) is 12.9. The summed E-state index contributed by atoms with van der Waals surface area (Å²) in [7, 11) is 0. The van der Waals surface area contributed by atoms with Gasteiger partial charge in [0, 0.05) is 55.6 Å². The molecule has 3 amide bonds. The van der Waals surface area contributed by atoms with Crippen molar-refractivity contribution in [2.75, 3.05) is 26.2 Å². The molecular weight excluding hydrogens is 638 g/mol. The number of nitrogens with zero attached hydrogens (tertiary/aromatic N) is 2. The molecule has 0 aliphatic rings. The van der Waals surface area contributed by atoms with Crippen LogP contribution < -0.4 is 22.1 Å². The molecule has 0 aliphatic heterocycles. The average Bonchev–Trinajstić information content (AvgIpc) is 3.46. The van der Waals surface area contributed by atoms with Crippen LogP contribution in [0, 0.1) is 17.0 Å². The molecule has 2 aromatic carbocycles. The van der Waals surface area contributed by atoms with Gasteiger partial charge in [-0.3, -0.25) is 19.2 Å². The second kappa shape index (κ2) is 17.7. The highest BCUT2D eigenvalue weighted by molar-refractivity contribution is 5.82. The molecule has 3 aromatic rings. The lowest BCUT2D eigenvalue weighted by Crippen LogP contribution is -2.48. The summed E-state index contributed by atoms with van der Waals surface area (Å²) in [6, 6.07) is 11.5. The normalized spacial score (nSPS) is 13.3. The fourth-order valence-corrected chi connectivity index (χ4v) is 5.53. The fraction of sp³-hybridized carbons (Fsp3) is 0.429. The van der Waals surface area contributed by atoms with E-state index in [0.717, 1.165) is 23.8 Å². The van der Waals surface area contributed by atoms with Crippen LogP contribution in [0.5, 0.6) is 0 Å². The lowest BCUT2D eigenvalue weighted by molar-refractivity contribution is -0.140. The Labute approximate surface area is 284 Å². The van der Waals surface area contributed by atoms with E-state index < -0.39 is 65.5 Å². The third kappa shape index (κ3) is 11.2. The highest BCUT2D eigenvalue weighted by Crippen LogP contribution is 2.41. The molecular formula is C35H46F2N6O6. The van der Waals surface area contributed by atoms with Crippen LogP contribution in [0.25, 0.3) is 11.1 Å². The standard InChI is InChI=1S/C35H46F2N6O6/c1-35(2,3)32(29-17-23(25-18-24(36)9-10-26(25)37)20-42(29)19-22-7-5-4-6-8-22)43(31(46)21-44)16-13-27(38)33(47)41-15-14-40-30(45)12-11-28(39)34(48)49/h4-10,17-18,20,27-28,32,44H,11-16,19,21,38-39H2,1-3H3,(H,40,45)(H,41,47)(H,48,49)/t27-,28-,32-/m0/s1. The first-order chi connectivity index (χ1) is 23.1. The van der Waals surface area contributed by atoms with E-state index in [-0.39, 0.29) is 44.5 Å². The van der Waals surface area contributed by atoms with Crippen LogP contribution in [0.3, 0.4) is 0 Å². The van der Waals surface area contributed by atoms with Crippen LogP contribution in [0.15, 0.2) is 60.8 Å². The van der Waals surface area contributed by atoms with Gasteiger partial charge >= 0.3 is 5.97 Å². The molecule has 266 valence electrons. The van der Waals surface area contributed by atoms with E-state index in [9.17, 15) is 33.1 Å². The van der Waals surface area contributed by atoms with Crippen molar-refractivity contribution in [2.24, 2.45) is 16.9 Å². The molecule has 0 saturated heterocycles. The van der Waals surface area contributed by atoms with Gasteiger partial charge in [-0.25, -0.2) is 8.78 Å². The summed E-state index contributed by atoms with van der Waals surface area (Å²) in [6.45, 7) is 5.39. The number of carboxylic acid groups (broad SMARTS) is 1. The quantitative estimate of drug-likeness (QED) is 0.117. The van der Waals surface area contributed by atoms with Gasteiger partial charge in [0.05, 0.1) is 12.1 Å². The Morgan fingerprint density at radius 2 is 1.61 bits per heavy atom. The molecule has 3 atom stereocenters. The molecule has 8 N–H and O–H groups in total. The van der Waals surface area contributed by atoms with E-state index in [1.54, 1.807) is 12.3 Å². The smallest absolute Gasteiger partial charge is 0.320 e. The number of aliphatic hydroxyl groups is 1. The molecule has 1 heterocycles. The van der Waals surface area contributed by atoms with Crippen molar-refractivity contribution in [3.05, 3.63) is 83.7 Å². The third-order valence-electron chi connectivity index (χ3n) is 8.00. The van der Waals surface area contributed by atoms with E-state index in [2.05, 4.69) is 10.6 Å². The Bertz CT molecular complexity index is 1590. The van der Waals surface area contributed by atoms with Gasteiger partial charge in [-0.1, -0.05) is 51.1 Å². The first-order valence-corrected chi connectivity index (χ1v) is 16.0. The minimum atomic E-state index is -1.20. The highest BCUT2D eigenvalue weighted by atomic mass is 19.1. The van der Waals surface area contributed by atoms with Crippen molar-refractivity contribution in [1.82, 2.24) is 20.1 Å². The van der Waals surface area contributed by atoms with Crippen molar-refractivity contribution >= 4 is 23.7 Å². The summed E-state index contributed by atoms with van der Waals surface area (Å²) in [5.41, 5.74) is 12.9. The van der Waals surface area contributed by atoms with Crippen LogP contribution in [0.4, 0.5) is 8.78 Å². The van der Waals surface area contributed by atoms with Crippen molar-refractivity contribution < 1.29 is 38.2 Å². The number of carboxylic acids is 1. The van der Waals surface area contributed by atoms with Crippen molar-refractivity contribution in [3.63, 3.8) is 0 Å². The first kappa shape index (κ1) is 38.8. The minimum absolute atomic E-state index is 0.0172. The number of rotatable bonds is 17. The maximum absolute atomic E-state index is 15.0. The van der Waals surface area contributed by atoms with Gasteiger partial charge in [-0.15, -0.1) is 0 Å². The zero-order chi connectivity index (χ0) is 36.3. The molecule has 49 heavy (non-hydrogen) atoms. The van der Waals surface area contributed by atoms with Crippen LogP contribution in [-0.2, 0) is 25.7 Å². The first-order valence-electron chi connectivity index (χ1n) is 16.0. The summed E-state index contributed by atoms with van der Waals surface area (Å²) in [5.74, 6) is -3.96. The van der Waals surface area contributed by atoms with Crippen LogP contribution in [0.1, 0.15) is 57.3 Å². The molecule has 14 heteroatoms. The van der Waals surface area contributed by atoms with Gasteiger partial charge in [0.1, 0.15) is 24.3 Å². The van der Waals surface area contributed by atoms with Crippen LogP contribution in [0.2, 0.25) is 0 Å². The van der Waals surface area contributed by atoms with E-state index in [1.807, 2.05) is 55.7 Å². The average molecular weight is 685 g/mol. The predicted octanol–water partition coefficient (Wildman–Crippen LogP) is 2.53. The SMILES string of the molecule is CC(C)(C)[C@H](c1cc(-c2cc(F)ccc2F)cn1Cc1ccccc1)N(CC[C@H](N)C(=O)NCCNC(=O)CC[C@H](N)C(=O)O)C(=O)CO. The molecule has 0 bridgehead atoms. The Kier molecular flexibility index (Phi) is 14.0. The second-order valence-corrected chi connectivity index (χ2v) is 12.9. The Balaban J connectivity index is 1.81. The van der Waals surface area contributed by atoms with Gasteiger partial charge in [0.2, 0.25) is 17.7 Å². The molecule has 0 spiro atoms. The zero-order valence-corrected chi connectivity index (χ0v) is 28.0. The molecule has 0 saturated carbocycles. The lowest BCUT2D eigenvalue weighted by Gasteiger charge is -2.41. The van der Waals surface area contributed by atoms with Crippen LogP contribution >= 0.6 is 0 Å². The van der Waals surface area contributed by atoms with E-state index in [1.165, 1.54) is 4.90 Å². The summed E-state index contributed by atoms with van der Waals surface area (Å²) < 4.78 is 31.1. The number of halogens is 2. The van der Waals surface area contributed by atoms with Gasteiger partial charge in [0.15, 0.2) is 0 Å². The van der Waals surface area contributed by atoms with E-state index in [4.69, 9.17) is 16.6 Å². The Morgan fingerprint density at radius 1 is 0.939 bits per heavy atom. The number of hydrogen-bond donors (Lipinski definition) is 6. The van der Waals surface area contributed by atoms with E-state index >= 15 is 0 Å². The summed E-state index contributed by atoms with van der Waals surface area (Å²) >= 11 is 0. The number of amides is 3. The van der Waals surface area contributed by atoms with Gasteiger partial charge in [-0.05, 0) is 48.1 Å². The third-order valence-corrected chi connectivity index (χ3v) is 8.00. The molecule has 3 rings (SSSR count). The number of benzene rings is 2. The number of aromatic nitrogens is 1. The number of aliphatic carboxylic acids is 1. The monoisotopic (exact) mass is 684 g/mol. The van der Waals surface area contributed by atoms with E-state index in [0.29, 0.717) is 17.8 Å². The number of aliphatic hydroxyl groups excluding tert-OH is 1.